The Labute approximate surface area is 163 Å². The summed E-state index contributed by atoms with van der Waals surface area (Å²) in [5.74, 6) is -0.0942. The number of fused-ring (bicyclic) bond motifs is 1. The van der Waals surface area contributed by atoms with Crippen molar-refractivity contribution in [3.63, 3.8) is 0 Å². The second-order valence-electron chi connectivity index (χ2n) is 6.68. The molecule has 0 radical (unpaired) electrons. The van der Waals surface area contributed by atoms with E-state index < -0.39 is 5.97 Å². The summed E-state index contributed by atoms with van der Waals surface area (Å²) in [7, 11) is 0. The molecule has 0 aliphatic carbocycles. The number of benzene rings is 1. The van der Waals surface area contributed by atoms with E-state index in [2.05, 4.69) is 4.98 Å². The summed E-state index contributed by atoms with van der Waals surface area (Å²) in [4.78, 5) is 28.0. The lowest BCUT2D eigenvalue weighted by atomic mass is 10.0. The number of Topliss-reactive ketones (excluding diaryl/α,β-unsaturated/α-hetero) is 1. The van der Waals surface area contributed by atoms with E-state index in [0.29, 0.717) is 48.7 Å². The van der Waals surface area contributed by atoms with Gasteiger partial charge in [-0.1, -0.05) is 24.3 Å². The molecule has 2 heterocycles. The normalized spacial score (nSPS) is 10.9. The van der Waals surface area contributed by atoms with Gasteiger partial charge in [-0.2, -0.15) is 0 Å². The van der Waals surface area contributed by atoms with Crippen molar-refractivity contribution in [1.82, 2.24) is 9.38 Å². The van der Waals surface area contributed by atoms with Gasteiger partial charge in [0.15, 0.2) is 17.2 Å². The summed E-state index contributed by atoms with van der Waals surface area (Å²) in [5, 5.41) is 8.76. The first kappa shape index (κ1) is 19.6. The van der Waals surface area contributed by atoms with Crippen molar-refractivity contribution in [1.29, 1.82) is 0 Å². The molecule has 0 saturated carbocycles. The van der Waals surface area contributed by atoms with Gasteiger partial charge in [0.2, 0.25) is 0 Å². The second kappa shape index (κ2) is 8.69. The van der Waals surface area contributed by atoms with Gasteiger partial charge < -0.3 is 9.84 Å². The van der Waals surface area contributed by atoms with Crippen LogP contribution in [0.5, 0.6) is 5.75 Å². The van der Waals surface area contributed by atoms with Crippen molar-refractivity contribution in [2.24, 2.45) is 0 Å². The van der Waals surface area contributed by atoms with E-state index in [-0.39, 0.29) is 12.2 Å². The number of carboxylic acids is 1. The van der Waals surface area contributed by atoms with Gasteiger partial charge in [-0.15, -0.1) is 0 Å². The van der Waals surface area contributed by atoms with Crippen molar-refractivity contribution in [3.8, 4) is 5.75 Å². The molecule has 0 aliphatic heterocycles. The van der Waals surface area contributed by atoms with E-state index >= 15 is 0 Å². The second-order valence-corrected chi connectivity index (χ2v) is 6.68. The number of carboxylic acid groups (broad SMARTS) is 1. The van der Waals surface area contributed by atoms with Crippen molar-refractivity contribution in [3.05, 3.63) is 65.1 Å². The van der Waals surface area contributed by atoms with Crippen LogP contribution in [0.1, 0.15) is 47.1 Å². The predicted octanol–water partition coefficient (Wildman–Crippen LogP) is 3.87. The van der Waals surface area contributed by atoms with Crippen molar-refractivity contribution in [2.75, 3.05) is 6.61 Å². The van der Waals surface area contributed by atoms with Crippen LogP contribution >= 0.6 is 0 Å². The zero-order valence-electron chi connectivity index (χ0n) is 16.1. The van der Waals surface area contributed by atoms with Gasteiger partial charge in [0.05, 0.1) is 12.3 Å². The van der Waals surface area contributed by atoms with Crippen LogP contribution < -0.4 is 4.74 Å². The number of aromatic nitrogens is 2. The van der Waals surface area contributed by atoms with Crippen LogP contribution in [0.2, 0.25) is 0 Å². The number of carbonyl (C=O) groups excluding carboxylic acids is 1. The summed E-state index contributed by atoms with van der Waals surface area (Å²) in [5.41, 5.74) is 3.98. The molecule has 2 aromatic heterocycles. The molecule has 0 bridgehead atoms. The topological polar surface area (TPSA) is 80.9 Å². The van der Waals surface area contributed by atoms with E-state index in [0.717, 1.165) is 11.1 Å². The fourth-order valence-corrected chi connectivity index (χ4v) is 3.26. The molecule has 146 valence electrons. The van der Waals surface area contributed by atoms with Crippen LogP contribution in [-0.2, 0) is 17.6 Å². The Kier molecular flexibility index (Phi) is 6.09. The molecule has 0 fully saturated rings. The number of ketones is 1. The Balaban J connectivity index is 1.71. The quantitative estimate of drug-likeness (QED) is 0.570. The van der Waals surface area contributed by atoms with Crippen LogP contribution in [0.3, 0.4) is 0 Å². The van der Waals surface area contributed by atoms with Gasteiger partial charge in [0, 0.05) is 19.0 Å². The van der Waals surface area contributed by atoms with Gasteiger partial charge in [0.1, 0.15) is 5.69 Å². The summed E-state index contributed by atoms with van der Waals surface area (Å²) >= 11 is 0. The number of rotatable bonds is 9. The first-order valence-corrected chi connectivity index (χ1v) is 9.43. The highest BCUT2D eigenvalue weighted by Gasteiger charge is 2.18. The molecule has 0 unspecified atom stereocenters. The van der Waals surface area contributed by atoms with E-state index in [9.17, 15) is 9.59 Å². The Hall–Kier alpha value is -3.15. The highest BCUT2D eigenvalue weighted by atomic mass is 16.5. The minimum absolute atomic E-state index is 0.0357. The molecule has 6 heteroatoms. The van der Waals surface area contributed by atoms with Gasteiger partial charge in [-0.05, 0) is 49.9 Å². The van der Waals surface area contributed by atoms with Crippen molar-refractivity contribution < 1.29 is 19.4 Å². The average Bonchev–Trinajstić information content (AvgIpc) is 3.02. The molecule has 0 aliphatic rings. The zero-order chi connectivity index (χ0) is 20.1. The highest BCUT2D eigenvalue weighted by molar-refractivity contribution is 5.96. The Morgan fingerprint density at radius 3 is 2.32 bits per heavy atom. The molecule has 3 aromatic rings. The summed E-state index contributed by atoms with van der Waals surface area (Å²) < 4.78 is 7.41. The molecule has 1 aromatic carbocycles. The molecule has 0 spiro atoms. The Morgan fingerprint density at radius 1 is 1.07 bits per heavy atom. The van der Waals surface area contributed by atoms with Gasteiger partial charge >= 0.3 is 5.97 Å². The number of carbonyl (C=O) groups is 2. The van der Waals surface area contributed by atoms with Crippen molar-refractivity contribution >= 4 is 17.4 Å². The average molecular weight is 380 g/mol. The number of hydrogen-bond donors (Lipinski definition) is 1. The van der Waals surface area contributed by atoms with Crippen molar-refractivity contribution in [2.45, 2.75) is 39.5 Å². The van der Waals surface area contributed by atoms with Gasteiger partial charge in [0.25, 0.3) is 0 Å². The maximum absolute atomic E-state index is 12.9. The van der Waals surface area contributed by atoms with Crippen LogP contribution in [0.15, 0.2) is 42.6 Å². The number of imidazole rings is 1. The van der Waals surface area contributed by atoms with E-state index in [1.165, 1.54) is 0 Å². The molecule has 28 heavy (non-hydrogen) atoms. The molecule has 3 rings (SSSR count). The molecule has 0 atom stereocenters. The Bertz CT molecular complexity index is 990. The highest BCUT2D eigenvalue weighted by Crippen LogP contribution is 2.23. The fraction of sp³-hybridized carbons (Fsp3) is 0.318. The lowest BCUT2D eigenvalue weighted by molar-refractivity contribution is -0.136. The van der Waals surface area contributed by atoms with Gasteiger partial charge in [-0.3, -0.25) is 14.0 Å². The monoisotopic (exact) mass is 380 g/mol. The first-order chi connectivity index (χ1) is 13.5. The molecule has 1 N–H and O–H groups in total. The fourth-order valence-electron chi connectivity index (χ4n) is 3.26. The number of nitrogens with zero attached hydrogens (tertiary/aromatic N) is 2. The van der Waals surface area contributed by atoms with E-state index in [1.807, 2.05) is 56.4 Å². The number of aliphatic carboxylic acids is 1. The smallest absolute Gasteiger partial charge is 0.303 e. The van der Waals surface area contributed by atoms with Gasteiger partial charge in [-0.25, -0.2) is 4.98 Å². The maximum Gasteiger partial charge on any atom is 0.303 e. The standard InChI is InChI=1S/C22H24N2O4/c1-3-28-19-5-4-14-24-21(15(2)23-22(19)24)18(25)12-10-16-6-8-17(9-7-16)11-13-20(26)27/h4-9,14H,3,10-13H2,1-2H3,(H,26,27). The largest absolute Gasteiger partial charge is 0.490 e. The minimum Gasteiger partial charge on any atom is -0.490 e. The third-order valence-corrected chi connectivity index (χ3v) is 4.64. The van der Waals surface area contributed by atoms with Crippen LogP contribution in [-0.4, -0.2) is 32.9 Å². The van der Waals surface area contributed by atoms with Crippen LogP contribution in [0.25, 0.3) is 5.65 Å². The lowest BCUT2D eigenvalue weighted by Crippen LogP contribution is -2.07. The number of hydrogen-bond acceptors (Lipinski definition) is 4. The minimum atomic E-state index is -0.800. The van der Waals surface area contributed by atoms with Crippen LogP contribution in [0.4, 0.5) is 0 Å². The number of pyridine rings is 1. The lowest BCUT2D eigenvalue weighted by Gasteiger charge is -2.07. The molecule has 6 nitrogen and oxygen atoms in total. The third kappa shape index (κ3) is 4.39. The SMILES string of the molecule is CCOc1cccn2c(C(=O)CCc3ccc(CCC(=O)O)cc3)c(C)nc12. The first-order valence-electron chi connectivity index (χ1n) is 9.43. The molecular weight excluding hydrogens is 356 g/mol. The zero-order valence-corrected chi connectivity index (χ0v) is 16.1. The summed E-state index contributed by atoms with van der Waals surface area (Å²) in [6.07, 6.45) is 3.47. The third-order valence-electron chi connectivity index (χ3n) is 4.64. The summed E-state index contributed by atoms with van der Waals surface area (Å²) in [6.45, 7) is 4.29. The summed E-state index contributed by atoms with van der Waals surface area (Å²) in [6, 6.07) is 11.5. The predicted molar refractivity (Wildman–Crippen MR) is 106 cm³/mol. The van der Waals surface area contributed by atoms with Crippen LogP contribution in [0, 0.1) is 6.92 Å². The molecule has 0 amide bonds. The Morgan fingerprint density at radius 2 is 1.71 bits per heavy atom. The number of ether oxygens (including phenoxy) is 1. The van der Waals surface area contributed by atoms with E-state index in [1.54, 1.807) is 4.40 Å². The van der Waals surface area contributed by atoms with E-state index in [4.69, 9.17) is 9.84 Å². The maximum atomic E-state index is 12.9. The molecular formula is C22H24N2O4. The number of aryl methyl sites for hydroxylation is 3. The molecule has 0 saturated heterocycles.